The van der Waals surface area contributed by atoms with Crippen LogP contribution in [-0.4, -0.2) is 30.8 Å². The number of aromatic nitrogens is 2. The van der Waals surface area contributed by atoms with Crippen LogP contribution >= 0.6 is 12.4 Å². The summed E-state index contributed by atoms with van der Waals surface area (Å²) in [6, 6.07) is 16.2. The van der Waals surface area contributed by atoms with E-state index in [4.69, 9.17) is 14.2 Å². The quantitative estimate of drug-likeness (QED) is 0.496. The smallest absolute Gasteiger partial charge is 0.118 e. The van der Waals surface area contributed by atoms with E-state index in [-0.39, 0.29) is 18.5 Å². The highest BCUT2D eigenvalue weighted by Crippen LogP contribution is 2.24. The molecule has 5 nitrogen and oxygen atoms in total. The zero-order valence-electron chi connectivity index (χ0n) is 16.3. The molecule has 0 bridgehead atoms. The SMILES string of the molecule is COc1ccc(CCCOC(Cc2ncc[nH]2)c2ccc(OC)cc2)cc1.Cl. The lowest BCUT2D eigenvalue weighted by Crippen LogP contribution is -2.10. The molecule has 28 heavy (non-hydrogen) atoms. The van der Waals surface area contributed by atoms with Crippen molar-refractivity contribution in [2.75, 3.05) is 20.8 Å². The summed E-state index contributed by atoms with van der Waals surface area (Å²) in [5.41, 5.74) is 2.41. The van der Waals surface area contributed by atoms with Crippen molar-refractivity contribution in [1.29, 1.82) is 0 Å². The van der Waals surface area contributed by atoms with Crippen LogP contribution in [0.25, 0.3) is 0 Å². The summed E-state index contributed by atoms with van der Waals surface area (Å²) in [5.74, 6) is 2.65. The summed E-state index contributed by atoms with van der Waals surface area (Å²) in [6.45, 7) is 0.684. The van der Waals surface area contributed by atoms with Crippen LogP contribution in [0.1, 0.15) is 29.5 Å². The van der Waals surface area contributed by atoms with Gasteiger partial charge >= 0.3 is 0 Å². The molecule has 1 atom stereocenters. The number of halogens is 1. The highest BCUT2D eigenvalue weighted by atomic mass is 35.5. The molecule has 1 N–H and O–H groups in total. The molecule has 0 amide bonds. The topological polar surface area (TPSA) is 56.4 Å². The number of rotatable bonds is 10. The van der Waals surface area contributed by atoms with Crippen LogP contribution in [0.4, 0.5) is 0 Å². The van der Waals surface area contributed by atoms with Crippen LogP contribution in [0.15, 0.2) is 60.9 Å². The number of aromatic amines is 1. The Bertz CT molecular complexity index is 790. The number of aryl methyl sites for hydroxylation is 1. The number of hydrogen-bond acceptors (Lipinski definition) is 4. The third-order valence-electron chi connectivity index (χ3n) is 4.51. The lowest BCUT2D eigenvalue weighted by atomic mass is 10.1. The Morgan fingerprint density at radius 2 is 1.57 bits per heavy atom. The third-order valence-corrected chi connectivity index (χ3v) is 4.51. The molecule has 0 aliphatic rings. The van der Waals surface area contributed by atoms with Gasteiger partial charge in [0.2, 0.25) is 0 Å². The fraction of sp³-hybridized carbons (Fsp3) is 0.318. The van der Waals surface area contributed by atoms with Gasteiger partial charge < -0.3 is 19.2 Å². The first kappa shape index (κ1) is 21.8. The van der Waals surface area contributed by atoms with Gasteiger partial charge in [-0.15, -0.1) is 12.4 Å². The Balaban J connectivity index is 0.00000280. The number of methoxy groups -OCH3 is 2. The molecule has 1 aromatic heterocycles. The van der Waals surface area contributed by atoms with Crippen molar-refractivity contribution in [3.05, 3.63) is 77.9 Å². The van der Waals surface area contributed by atoms with Crippen LogP contribution in [0.2, 0.25) is 0 Å². The average Bonchev–Trinajstić information content (AvgIpc) is 3.24. The van der Waals surface area contributed by atoms with Crippen molar-refractivity contribution in [2.45, 2.75) is 25.4 Å². The van der Waals surface area contributed by atoms with Crippen molar-refractivity contribution < 1.29 is 14.2 Å². The molecule has 0 fully saturated rings. The molecule has 0 radical (unpaired) electrons. The lowest BCUT2D eigenvalue weighted by Gasteiger charge is -2.18. The Labute approximate surface area is 172 Å². The molecule has 0 spiro atoms. The number of nitrogens with one attached hydrogen (secondary N) is 1. The maximum absolute atomic E-state index is 6.22. The summed E-state index contributed by atoms with van der Waals surface area (Å²) in [7, 11) is 3.35. The van der Waals surface area contributed by atoms with Gasteiger partial charge in [0, 0.05) is 25.4 Å². The Morgan fingerprint density at radius 3 is 2.14 bits per heavy atom. The largest absolute Gasteiger partial charge is 0.497 e. The molecule has 6 heteroatoms. The van der Waals surface area contributed by atoms with E-state index in [1.165, 1.54) is 5.56 Å². The number of ether oxygens (including phenoxy) is 3. The van der Waals surface area contributed by atoms with Gasteiger partial charge in [0.05, 0.1) is 20.3 Å². The van der Waals surface area contributed by atoms with Gasteiger partial charge in [-0.1, -0.05) is 24.3 Å². The van der Waals surface area contributed by atoms with E-state index < -0.39 is 0 Å². The minimum atomic E-state index is -0.0436. The van der Waals surface area contributed by atoms with Crippen LogP contribution in [-0.2, 0) is 17.6 Å². The molecule has 1 unspecified atom stereocenters. The van der Waals surface area contributed by atoms with Crippen LogP contribution < -0.4 is 9.47 Å². The predicted octanol–water partition coefficient (Wildman–Crippen LogP) is 4.78. The van der Waals surface area contributed by atoms with E-state index >= 15 is 0 Å². The maximum atomic E-state index is 6.22. The zero-order valence-corrected chi connectivity index (χ0v) is 17.1. The molecule has 3 aromatic rings. The summed E-state index contributed by atoms with van der Waals surface area (Å²) < 4.78 is 16.7. The molecule has 0 saturated carbocycles. The van der Waals surface area contributed by atoms with Gasteiger partial charge in [-0.05, 0) is 48.2 Å². The third kappa shape index (κ3) is 6.29. The highest BCUT2D eigenvalue weighted by Gasteiger charge is 2.14. The van der Waals surface area contributed by atoms with Gasteiger partial charge in [0.25, 0.3) is 0 Å². The Morgan fingerprint density at radius 1 is 0.929 bits per heavy atom. The monoisotopic (exact) mass is 402 g/mol. The first-order chi connectivity index (χ1) is 13.3. The summed E-state index contributed by atoms with van der Waals surface area (Å²) in [4.78, 5) is 7.49. The minimum absolute atomic E-state index is 0. The number of benzene rings is 2. The first-order valence-corrected chi connectivity index (χ1v) is 9.15. The maximum Gasteiger partial charge on any atom is 0.118 e. The number of imidazole rings is 1. The molecule has 1 heterocycles. The van der Waals surface area contributed by atoms with Crippen molar-refractivity contribution in [3.8, 4) is 11.5 Å². The van der Waals surface area contributed by atoms with Crippen molar-refractivity contribution >= 4 is 12.4 Å². The van der Waals surface area contributed by atoms with Crippen molar-refractivity contribution in [2.24, 2.45) is 0 Å². The zero-order chi connectivity index (χ0) is 18.9. The van der Waals surface area contributed by atoms with Crippen LogP contribution in [0.5, 0.6) is 11.5 Å². The predicted molar refractivity (Wildman–Crippen MR) is 113 cm³/mol. The Hall–Kier alpha value is -2.50. The van der Waals surface area contributed by atoms with Gasteiger partial charge in [0.15, 0.2) is 0 Å². The Kier molecular flexibility index (Phi) is 8.85. The van der Waals surface area contributed by atoms with Gasteiger partial charge in [-0.3, -0.25) is 0 Å². The molecule has 0 aliphatic heterocycles. The normalized spacial score (nSPS) is 11.5. The molecule has 0 aliphatic carbocycles. The second-order valence-electron chi connectivity index (χ2n) is 6.32. The van der Waals surface area contributed by atoms with E-state index in [2.05, 4.69) is 34.2 Å². The van der Waals surface area contributed by atoms with E-state index in [1.807, 2.05) is 30.5 Å². The highest BCUT2D eigenvalue weighted by molar-refractivity contribution is 5.85. The number of H-pyrrole nitrogens is 1. The van der Waals surface area contributed by atoms with E-state index in [0.717, 1.165) is 35.7 Å². The van der Waals surface area contributed by atoms with E-state index in [9.17, 15) is 0 Å². The average molecular weight is 403 g/mol. The molecule has 2 aromatic carbocycles. The first-order valence-electron chi connectivity index (χ1n) is 9.15. The van der Waals surface area contributed by atoms with Crippen LogP contribution in [0, 0.1) is 0 Å². The fourth-order valence-corrected chi connectivity index (χ4v) is 2.97. The van der Waals surface area contributed by atoms with E-state index in [0.29, 0.717) is 13.0 Å². The second kappa shape index (κ2) is 11.4. The molecule has 0 saturated heterocycles. The molecule has 150 valence electrons. The van der Waals surface area contributed by atoms with Crippen LogP contribution in [0.3, 0.4) is 0 Å². The summed E-state index contributed by atoms with van der Waals surface area (Å²) >= 11 is 0. The number of hydrogen-bond donors (Lipinski definition) is 1. The summed E-state index contributed by atoms with van der Waals surface area (Å²) in [6.07, 6.45) is 6.20. The lowest BCUT2D eigenvalue weighted by molar-refractivity contribution is 0.0501. The van der Waals surface area contributed by atoms with Crippen molar-refractivity contribution in [3.63, 3.8) is 0 Å². The molecular weight excluding hydrogens is 376 g/mol. The molecule has 3 rings (SSSR count). The fourth-order valence-electron chi connectivity index (χ4n) is 2.97. The van der Waals surface area contributed by atoms with E-state index in [1.54, 1.807) is 20.4 Å². The van der Waals surface area contributed by atoms with Crippen molar-refractivity contribution in [1.82, 2.24) is 9.97 Å². The summed E-state index contributed by atoms with van der Waals surface area (Å²) in [5, 5.41) is 0. The molecular formula is C22H27ClN2O3. The second-order valence-corrected chi connectivity index (χ2v) is 6.32. The van der Waals surface area contributed by atoms with Gasteiger partial charge in [-0.2, -0.15) is 0 Å². The standard InChI is InChI=1S/C22H26N2O3.ClH/c1-25-19-9-5-17(6-10-19)4-3-15-27-21(16-22-23-13-14-24-22)18-7-11-20(26-2)12-8-18;/h5-14,21H,3-4,15-16H2,1-2H3,(H,23,24);1H. The number of nitrogens with zero attached hydrogens (tertiary/aromatic N) is 1. The minimum Gasteiger partial charge on any atom is -0.497 e. The van der Waals surface area contributed by atoms with Gasteiger partial charge in [-0.25, -0.2) is 4.98 Å². The van der Waals surface area contributed by atoms with Gasteiger partial charge in [0.1, 0.15) is 17.3 Å².